The van der Waals surface area contributed by atoms with Gasteiger partial charge < -0.3 is 13.4 Å². The van der Waals surface area contributed by atoms with Gasteiger partial charge in [-0.25, -0.2) is 15.0 Å². The topological polar surface area (TPSA) is 69.9 Å². The summed E-state index contributed by atoms with van der Waals surface area (Å²) in [4.78, 5) is 15.3. The van der Waals surface area contributed by atoms with Gasteiger partial charge in [0.05, 0.1) is 16.7 Å². The molecule has 6 nitrogen and oxygen atoms in total. The monoisotopic (exact) mass is 730 g/mol. The van der Waals surface area contributed by atoms with Crippen molar-refractivity contribution < 1.29 is 8.83 Å². The molecule has 0 saturated carbocycles. The molecule has 266 valence electrons. The highest BCUT2D eigenvalue weighted by Gasteiger charge is 2.25. The number of aromatic nitrogens is 4. The van der Waals surface area contributed by atoms with E-state index in [-0.39, 0.29) is 0 Å². The zero-order valence-corrected chi connectivity index (χ0v) is 30.4. The molecule has 6 heteroatoms. The molecular weight excluding hydrogens is 701 g/mol. The Morgan fingerprint density at radius 3 is 1.67 bits per heavy atom. The molecule has 0 aliphatic carbocycles. The fourth-order valence-corrected chi connectivity index (χ4v) is 8.54. The van der Waals surface area contributed by atoms with Crippen LogP contribution in [-0.4, -0.2) is 19.5 Å². The van der Waals surface area contributed by atoms with Crippen molar-refractivity contribution in [2.45, 2.75) is 0 Å². The summed E-state index contributed by atoms with van der Waals surface area (Å²) in [5.74, 6) is 1.78. The van der Waals surface area contributed by atoms with E-state index in [0.717, 1.165) is 99.2 Å². The van der Waals surface area contributed by atoms with Gasteiger partial charge in [-0.15, -0.1) is 0 Å². The first-order chi connectivity index (χ1) is 28.3. The van der Waals surface area contributed by atoms with Gasteiger partial charge in [0, 0.05) is 49.0 Å². The Hall–Kier alpha value is -7.83. The number of para-hydroxylation sites is 2. The molecule has 12 rings (SSSR count). The van der Waals surface area contributed by atoms with Crippen molar-refractivity contribution in [2.24, 2.45) is 0 Å². The molecule has 0 aliphatic heterocycles. The average molecular weight is 731 g/mol. The van der Waals surface area contributed by atoms with Gasteiger partial charge in [0.1, 0.15) is 11.2 Å². The third kappa shape index (κ3) is 4.81. The molecule has 0 aliphatic rings. The predicted octanol–water partition coefficient (Wildman–Crippen LogP) is 13.4. The van der Waals surface area contributed by atoms with Crippen LogP contribution < -0.4 is 0 Å². The maximum absolute atomic E-state index is 7.11. The summed E-state index contributed by atoms with van der Waals surface area (Å²) in [7, 11) is 0. The van der Waals surface area contributed by atoms with Crippen LogP contribution in [0.5, 0.6) is 0 Å². The first kappa shape index (κ1) is 31.5. The highest BCUT2D eigenvalue weighted by molar-refractivity contribution is 6.24. The average Bonchev–Trinajstić information content (AvgIpc) is 3.97. The van der Waals surface area contributed by atoms with Crippen LogP contribution >= 0.6 is 0 Å². The van der Waals surface area contributed by atoms with Crippen molar-refractivity contribution in [3.05, 3.63) is 182 Å². The SMILES string of the molecule is c1ccc(-c2nc(-c3ccccc3)nc(-c3cccc4oc5c(-n6c7ccccc7c7ccc8c9ccccc9oc8c76)ccc(-c6ccccc6)c5c34)n2)cc1. The third-order valence-electron chi connectivity index (χ3n) is 11.1. The second kappa shape index (κ2) is 12.3. The standard InChI is InChI=1S/C51H30N4O2/c1-4-15-31(16-5-1)34-29-30-41(55-40-24-12-10-21-35(40)37-27-28-38-36-22-11-13-25-42(36)56-47(38)46(37)55)48-45(34)44-39(23-14-26-43(44)57-48)51-53-49(32-17-6-2-7-18-32)52-50(54-51)33-19-8-3-9-20-33/h1-30H. The summed E-state index contributed by atoms with van der Waals surface area (Å²) < 4.78 is 16.1. The van der Waals surface area contributed by atoms with Gasteiger partial charge in [-0.1, -0.05) is 152 Å². The number of benzene rings is 8. The van der Waals surface area contributed by atoms with Crippen LogP contribution in [0, 0.1) is 0 Å². The van der Waals surface area contributed by atoms with E-state index in [1.807, 2.05) is 91.0 Å². The molecule has 0 unspecified atom stereocenters. The lowest BCUT2D eigenvalue weighted by atomic mass is 9.96. The summed E-state index contributed by atoms with van der Waals surface area (Å²) >= 11 is 0. The highest BCUT2D eigenvalue weighted by atomic mass is 16.3. The first-order valence-corrected chi connectivity index (χ1v) is 19.0. The van der Waals surface area contributed by atoms with Crippen LogP contribution in [0.25, 0.3) is 117 Å². The Balaban J connectivity index is 1.21. The molecule has 0 bridgehead atoms. The van der Waals surface area contributed by atoms with Crippen molar-refractivity contribution >= 4 is 65.7 Å². The Kier molecular flexibility index (Phi) is 6.83. The Bertz CT molecular complexity index is 3450. The lowest BCUT2D eigenvalue weighted by Gasteiger charge is -2.12. The highest BCUT2D eigenvalue weighted by Crippen LogP contribution is 2.46. The molecule has 8 aromatic carbocycles. The molecule has 0 fully saturated rings. The number of hydrogen-bond acceptors (Lipinski definition) is 5. The molecule has 4 aromatic heterocycles. The predicted molar refractivity (Wildman–Crippen MR) is 230 cm³/mol. The van der Waals surface area contributed by atoms with E-state index < -0.39 is 0 Å². The van der Waals surface area contributed by atoms with E-state index in [1.165, 1.54) is 0 Å². The van der Waals surface area contributed by atoms with Crippen LogP contribution in [0.15, 0.2) is 191 Å². The number of rotatable bonds is 5. The first-order valence-electron chi connectivity index (χ1n) is 19.0. The van der Waals surface area contributed by atoms with Gasteiger partial charge in [0.2, 0.25) is 0 Å². The summed E-state index contributed by atoms with van der Waals surface area (Å²) in [6.07, 6.45) is 0. The van der Waals surface area contributed by atoms with E-state index in [0.29, 0.717) is 17.5 Å². The summed E-state index contributed by atoms with van der Waals surface area (Å²) in [6, 6.07) is 62.4. The Morgan fingerprint density at radius 1 is 0.351 bits per heavy atom. The summed E-state index contributed by atoms with van der Waals surface area (Å²) in [6.45, 7) is 0. The largest absolute Gasteiger partial charge is 0.454 e. The number of nitrogens with zero attached hydrogens (tertiary/aromatic N) is 4. The molecule has 0 saturated heterocycles. The third-order valence-corrected chi connectivity index (χ3v) is 11.1. The quantitative estimate of drug-likeness (QED) is 0.176. The minimum absolute atomic E-state index is 0.571. The fourth-order valence-electron chi connectivity index (χ4n) is 8.54. The van der Waals surface area contributed by atoms with Crippen LogP contribution in [0.4, 0.5) is 0 Å². The van der Waals surface area contributed by atoms with Crippen molar-refractivity contribution in [2.75, 3.05) is 0 Å². The van der Waals surface area contributed by atoms with E-state index in [1.54, 1.807) is 0 Å². The molecule has 4 heterocycles. The van der Waals surface area contributed by atoms with Crippen LogP contribution in [0.3, 0.4) is 0 Å². The second-order valence-corrected chi connectivity index (χ2v) is 14.3. The Labute approximate surface area is 325 Å². The second-order valence-electron chi connectivity index (χ2n) is 14.3. The molecule has 0 spiro atoms. The number of furan rings is 2. The number of fused-ring (bicyclic) bond motifs is 10. The number of hydrogen-bond donors (Lipinski definition) is 0. The van der Waals surface area contributed by atoms with Gasteiger partial charge in [-0.05, 0) is 41.5 Å². The molecule has 57 heavy (non-hydrogen) atoms. The van der Waals surface area contributed by atoms with Gasteiger partial charge >= 0.3 is 0 Å². The van der Waals surface area contributed by atoms with Gasteiger partial charge in [-0.3, -0.25) is 0 Å². The van der Waals surface area contributed by atoms with Crippen molar-refractivity contribution in [1.29, 1.82) is 0 Å². The van der Waals surface area contributed by atoms with E-state index in [2.05, 4.69) is 95.6 Å². The van der Waals surface area contributed by atoms with E-state index >= 15 is 0 Å². The maximum Gasteiger partial charge on any atom is 0.164 e. The van der Waals surface area contributed by atoms with Crippen LogP contribution in [0.2, 0.25) is 0 Å². The van der Waals surface area contributed by atoms with Crippen molar-refractivity contribution in [3.8, 4) is 51.0 Å². The normalized spacial score (nSPS) is 11.9. The van der Waals surface area contributed by atoms with Crippen molar-refractivity contribution in [3.63, 3.8) is 0 Å². The zero-order valence-electron chi connectivity index (χ0n) is 30.4. The van der Waals surface area contributed by atoms with Gasteiger partial charge in [0.25, 0.3) is 0 Å². The lowest BCUT2D eigenvalue weighted by Crippen LogP contribution is -2.00. The van der Waals surface area contributed by atoms with Crippen molar-refractivity contribution in [1.82, 2.24) is 19.5 Å². The van der Waals surface area contributed by atoms with Gasteiger partial charge in [0.15, 0.2) is 28.6 Å². The fraction of sp³-hybridized carbons (Fsp3) is 0. The van der Waals surface area contributed by atoms with E-state index in [9.17, 15) is 0 Å². The molecular formula is C51H30N4O2. The summed E-state index contributed by atoms with van der Waals surface area (Å²) in [5.41, 5.74) is 11.0. The lowest BCUT2D eigenvalue weighted by molar-refractivity contribution is 0.665. The molecule has 0 radical (unpaired) electrons. The molecule has 0 atom stereocenters. The zero-order chi connectivity index (χ0) is 37.5. The molecule has 12 aromatic rings. The van der Waals surface area contributed by atoms with E-state index in [4.69, 9.17) is 23.8 Å². The minimum Gasteiger partial charge on any atom is -0.454 e. The molecule has 0 N–H and O–H groups in total. The molecule has 0 amide bonds. The summed E-state index contributed by atoms with van der Waals surface area (Å²) in [5, 5.41) is 6.33. The maximum atomic E-state index is 7.11. The van der Waals surface area contributed by atoms with Crippen LogP contribution in [0.1, 0.15) is 0 Å². The minimum atomic E-state index is 0.571. The van der Waals surface area contributed by atoms with Crippen LogP contribution in [-0.2, 0) is 0 Å². The van der Waals surface area contributed by atoms with Gasteiger partial charge in [-0.2, -0.15) is 0 Å². The smallest absolute Gasteiger partial charge is 0.164 e. The Morgan fingerprint density at radius 2 is 0.930 bits per heavy atom.